The predicted molar refractivity (Wildman–Crippen MR) is 109 cm³/mol. The number of rotatable bonds is 4. The summed E-state index contributed by atoms with van der Waals surface area (Å²) in [7, 11) is 0. The number of urea groups is 1. The Morgan fingerprint density at radius 1 is 1.00 bits per heavy atom. The van der Waals surface area contributed by atoms with Gasteiger partial charge in [0.05, 0.1) is 0 Å². The second-order valence-corrected chi connectivity index (χ2v) is 8.38. The molecule has 2 aliphatic rings. The van der Waals surface area contributed by atoms with Gasteiger partial charge in [-0.1, -0.05) is 60.9 Å². The third-order valence-electron chi connectivity index (χ3n) is 5.42. The Labute approximate surface area is 168 Å². The lowest BCUT2D eigenvalue weighted by atomic mass is 9.96. The number of amides is 3. The largest absolute Gasteiger partial charge is 0.335 e. The van der Waals surface area contributed by atoms with Crippen molar-refractivity contribution in [3.8, 4) is 10.6 Å². The number of hydrogen-bond donors (Lipinski definition) is 2. The van der Waals surface area contributed by atoms with Crippen molar-refractivity contribution in [1.29, 1.82) is 0 Å². The minimum Gasteiger partial charge on any atom is -0.335 e. The number of nitrogens with zero attached hydrogens (tertiary/aromatic N) is 3. The minimum absolute atomic E-state index is 0.119. The molecule has 7 nitrogen and oxygen atoms in total. The maximum absolute atomic E-state index is 12.8. The Bertz CT molecular complexity index is 819. The van der Waals surface area contributed by atoms with Crippen LogP contribution < -0.4 is 10.6 Å². The first-order chi connectivity index (χ1) is 13.7. The zero-order valence-corrected chi connectivity index (χ0v) is 16.6. The van der Waals surface area contributed by atoms with Crippen LogP contribution in [-0.2, 0) is 4.79 Å². The summed E-state index contributed by atoms with van der Waals surface area (Å²) >= 11 is 1.34. The molecular weight excluding hydrogens is 374 g/mol. The topological polar surface area (TPSA) is 87.2 Å². The number of carbonyl (C=O) groups excluding carboxylic acids is 2. The molecule has 1 aromatic carbocycles. The van der Waals surface area contributed by atoms with Gasteiger partial charge in [-0.05, 0) is 25.7 Å². The van der Waals surface area contributed by atoms with Crippen molar-refractivity contribution >= 4 is 28.4 Å². The van der Waals surface area contributed by atoms with Gasteiger partial charge in [-0.2, -0.15) is 0 Å². The van der Waals surface area contributed by atoms with Gasteiger partial charge in [-0.15, -0.1) is 10.2 Å². The summed E-state index contributed by atoms with van der Waals surface area (Å²) in [4.78, 5) is 27.1. The fraction of sp³-hybridized carbons (Fsp3) is 0.500. The molecule has 1 aliphatic carbocycles. The van der Waals surface area contributed by atoms with Crippen LogP contribution in [-0.4, -0.2) is 45.7 Å². The molecule has 148 valence electrons. The third kappa shape index (κ3) is 4.32. The van der Waals surface area contributed by atoms with Gasteiger partial charge in [-0.25, -0.2) is 4.79 Å². The summed E-state index contributed by atoms with van der Waals surface area (Å²) in [6.45, 7) is 0.613. The maximum atomic E-state index is 12.8. The molecule has 1 atom stereocenters. The van der Waals surface area contributed by atoms with E-state index in [1.807, 2.05) is 30.3 Å². The van der Waals surface area contributed by atoms with Crippen molar-refractivity contribution in [1.82, 2.24) is 20.4 Å². The normalized spacial score (nSPS) is 20.1. The first-order valence-corrected chi connectivity index (χ1v) is 10.8. The van der Waals surface area contributed by atoms with Crippen molar-refractivity contribution in [3.63, 3.8) is 0 Å². The zero-order chi connectivity index (χ0) is 19.3. The van der Waals surface area contributed by atoms with Gasteiger partial charge in [0, 0.05) is 18.2 Å². The lowest BCUT2D eigenvalue weighted by Gasteiger charge is -2.28. The Hall–Kier alpha value is -2.48. The Balaban J connectivity index is 1.37. The van der Waals surface area contributed by atoms with E-state index in [9.17, 15) is 9.59 Å². The van der Waals surface area contributed by atoms with E-state index in [4.69, 9.17) is 0 Å². The van der Waals surface area contributed by atoms with Gasteiger partial charge in [0.25, 0.3) is 0 Å². The van der Waals surface area contributed by atoms with E-state index in [0.717, 1.165) is 42.7 Å². The van der Waals surface area contributed by atoms with Crippen molar-refractivity contribution in [2.45, 2.75) is 57.0 Å². The van der Waals surface area contributed by atoms with Gasteiger partial charge in [0.2, 0.25) is 11.0 Å². The lowest BCUT2D eigenvalue weighted by Crippen LogP contribution is -2.50. The van der Waals surface area contributed by atoms with Crippen molar-refractivity contribution < 1.29 is 9.59 Å². The summed E-state index contributed by atoms with van der Waals surface area (Å²) in [6, 6.07) is 9.41. The Morgan fingerprint density at radius 2 is 1.79 bits per heavy atom. The van der Waals surface area contributed by atoms with Gasteiger partial charge >= 0.3 is 6.03 Å². The molecule has 2 aromatic rings. The molecule has 3 amide bonds. The van der Waals surface area contributed by atoms with Crippen LogP contribution in [0.5, 0.6) is 0 Å². The summed E-state index contributed by atoms with van der Waals surface area (Å²) < 4.78 is 0. The van der Waals surface area contributed by atoms with Gasteiger partial charge < -0.3 is 10.2 Å². The first-order valence-electron chi connectivity index (χ1n) is 9.97. The second-order valence-electron chi connectivity index (χ2n) is 7.40. The average molecular weight is 400 g/mol. The van der Waals surface area contributed by atoms with Gasteiger partial charge in [0.15, 0.2) is 0 Å². The van der Waals surface area contributed by atoms with E-state index in [1.165, 1.54) is 17.8 Å². The van der Waals surface area contributed by atoms with Gasteiger partial charge in [0.1, 0.15) is 11.0 Å². The fourth-order valence-electron chi connectivity index (χ4n) is 3.95. The van der Waals surface area contributed by atoms with Crippen LogP contribution >= 0.6 is 11.3 Å². The van der Waals surface area contributed by atoms with Crippen molar-refractivity contribution in [2.75, 3.05) is 11.9 Å². The molecule has 0 bridgehead atoms. The SMILES string of the molecule is O=C(Nc1nnc(-c2ccccc2)s1)C1CCCN1C(=O)NC1CCCCC1. The summed E-state index contributed by atoms with van der Waals surface area (Å²) in [6.07, 6.45) is 7.14. The van der Waals surface area contributed by atoms with Crippen LogP contribution in [0, 0.1) is 0 Å². The molecule has 1 aliphatic heterocycles. The summed E-state index contributed by atoms with van der Waals surface area (Å²) in [5, 5.41) is 15.4. The molecule has 1 saturated heterocycles. The Kier molecular flexibility index (Phi) is 5.85. The van der Waals surface area contributed by atoms with Crippen LogP contribution in [0.25, 0.3) is 10.6 Å². The fourth-order valence-corrected chi connectivity index (χ4v) is 4.70. The number of benzene rings is 1. The van der Waals surface area contributed by atoms with Gasteiger partial charge in [-0.3, -0.25) is 10.1 Å². The number of likely N-dealkylation sites (tertiary alicyclic amines) is 1. The number of anilines is 1. The van der Waals surface area contributed by atoms with Crippen LogP contribution in [0.4, 0.5) is 9.93 Å². The highest BCUT2D eigenvalue weighted by atomic mass is 32.1. The third-order valence-corrected chi connectivity index (χ3v) is 6.31. The lowest BCUT2D eigenvalue weighted by molar-refractivity contribution is -0.119. The monoisotopic (exact) mass is 399 g/mol. The zero-order valence-electron chi connectivity index (χ0n) is 15.8. The standard InChI is InChI=1S/C20H25N5O2S/c26-17(22-19-24-23-18(28-19)14-8-3-1-4-9-14)16-12-7-13-25(16)20(27)21-15-10-5-2-6-11-15/h1,3-4,8-9,15-16H,2,5-7,10-13H2,(H,21,27)(H,22,24,26). The molecule has 2 N–H and O–H groups in total. The minimum atomic E-state index is -0.451. The molecule has 2 heterocycles. The number of hydrogen-bond acceptors (Lipinski definition) is 5. The summed E-state index contributed by atoms with van der Waals surface area (Å²) in [5.74, 6) is -0.188. The van der Waals surface area contributed by atoms with E-state index in [-0.39, 0.29) is 18.0 Å². The number of nitrogens with one attached hydrogen (secondary N) is 2. The maximum Gasteiger partial charge on any atom is 0.318 e. The van der Waals surface area contributed by atoms with Crippen molar-refractivity contribution in [3.05, 3.63) is 30.3 Å². The molecule has 2 fully saturated rings. The molecular formula is C20H25N5O2S. The highest BCUT2D eigenvalue weighted by Gasteiger charge is 2.35. The number of carbonyl (C=O) groups is 2. The predicted octanol–water partition coefficient (Wildman–Crippen LogP) is 3.65. The molecule has 4 rings (SSSR count). The molecule has 28 heavy (non-hydrogen) atoms. The highest BCUT2D eigenvalue weighted by Crippen LogP contribution is 2.27. The second kappa shape index (κ2) is 8.68. The van der Waals surface area contributed by atoms with Crippen LogP contribution in [0.2, 0.25) is 0 Å². The molecule has 8 heteroatoms. The van der Waals surface area contributed by atoms with E-state index in [1.54, 1.807) is 4.90 Å². The van der Waals surface area contributed by atoms with Crippen LogP contribution in [0.15, 0.2) is 30.3 Å². The van der Waals surface area contributed by atoms with E-state index < -0.39 is 6.04 Å². The summed E-state index contributed by atoms with van der Waals surface area (Å²) in [5.41, 5.74) is 0.967. The highest BCUT2D eigenvalue weighted by molar-refractivity contribution is 7.18. The van der Waals surface area contributed by atoms with Crippen LogP contribution in [0.1, 0.15) is 44.9 Å². The first kappa shape index (κ1) is 18.9. The smallest absolute Gasteiger partial charge is 0.318 e. The quantitative estimate of drug-likeness (QED) is 0.821. The van der Waals surface area contributed by atoms with Crippen LogP contribution in [0.3, 0.4) is 0 Å². The Morgan fingerprint density at radius 3 is 2.57 bits per heavy atom. The molecule has 1 saturated carbocycles. The molecule has 0 spiro atoms. The molecule has 1 aromatic heterocycles. The molecule has 1 unspecified atom stereocenters. The molecule has 0 radical (unpaired) electrons. The average Bonchev–Trinajstić information content (AvgIpc) is 3.39. The number of aromatic nitrogens is 2. The van der Waals surface area contributed by atoms with E-state index in [0.29, 0.717) is 18.1 Å². The van der Waals surface area contributed by atoms with E-state index in [2.05, 4.69) is 20.8 Å². The van der Waals surface area contributed by atoms with E-state index >= 15 is 0 Å². The van der Waals surface area contributed by atoms with Crippen molar-refractivity contribution in [2.24, 2.45) is 0 Å².